The van der Waals surface area contributed by atoms with Crippen molar-refractivity contribution in [1.82, 2.24) is 28.7 Å². The van der Waals surface area contributed by atoms with Crippen molar-refractivity contribution in [2.45, 2.75) is 21.3 Å². The standard InChI is InChI=1S/C50H54.C5H6BrN3O.C5H7N3O2.C5H6N2O3.CH4.50U/c1-3-5-7-9-11-13-15-17-19-21-23-25-27-29-31-33-35-37-39-41-43-45-47-49-50-48-46-44-42-40-38-36-34-32-30-28-26-24-22-20-18-16-14-12-10-8-6-4-2;1-9-2-3(6)4(7)8-5(9)10;1-8-2-3(9)4(6)7-5(8)10;1-7-2-3(8)4(9)6-5(7)10;;;;;;;;;;;;;;;;;;;;;;;;;;;;;;;;;;;;;;;;;;;;;;;;;;;/h3-50H,1-2H3;2H,1H3,(H2,7,8,10);2,9H,1H3,(H2,6,7,10);2,8H,1H3,(H,6,9,10);1H4;;;;;;;;;;;;;;;;;;;;;;;;;;;;;;;;;;;;;;;;;;;;;;;;;;/b5-3+,6-4+,9-7+,10-8+,13-11+,14-12+,17-15+,18-16+,21-19+,22-20+,25-23+,26-24+,29-27+,30-28+,33-31+,34-32+,37-35+,38-36+,41-39+,42-40+,45-43+,46-44+,49-47+,50-48+;;;;;;;;;;;;;;;;;;;;;;;;;;;;;;;;;;;;;;;;;;;;;;;;;;;;;;. The van der Waals surface area contributed by atoms with Crippen LogP contribution < -0.4 is 34.1 Å². The molecule has 0 atom stereocenters. The molecule has 14 nitrogen and oxygen atoms in total. The van der Waals surface area contributed by atoms with E-state index in [0.717, 1.165) is 15.3 Å². The van der Waals surface area contributed by atoms with Crippen LogP contribution >= 0.6 is 15.9 Å². The molecule has 0 amide bonds. The molecule has 65 heteroatoms. The summed E-state index contributed by atoms with van der Waals surface area (Å²) in [5.41, 5.74) is 8.31. The number of H-pyrrole nitrogens is 1. The molecule has 7 N–H and O–H groups in total. The number of aromatic hydroxyl groups is 2. The first-order valence-corrected chi connectivity index (χ1v) is 25.4. The summed E-state index contributed by atoms with van der Waals surface area (Å²) in [4.78, 5) is 51.2. The number of nitrogens with two attached hydrogens (primary N) is 2. The first kappa shape index (κ1) is 350. The van der Waals surface area contributed by atoms with Crippen LogP contribution in [0.2, 0.25) is 0 Å². The summed E-state index contributed by atoms with van der Waals surface area (Å²) in [6.45, 7) is 4.00. The molecule has 131 heavy (non-hydrogen) atoms. The molecule has 3 heterocycles. The van der Waals surface area contributed by atoms with Crippen molar-refractivity contribution in [3.8, 4) is 11.5 Å². The molecule has 0 saturated heterocycles. The number of halogens is 1. The van der Waals surface area contributed by atoms with Crippen molar-refractivity contribution in [3.63, 3.8) is 0 Å². The Labute approximate surface area is 1980 Å². The average Bonchev–Trinajstić information content (AvgIpc) is 0.890. The Bertz CT molecular complexity index is 3210. The number of rotatable bonds is 23. The van der Waals surface area contributed by atoms with Crippen LogP contribution in [0.25, 0.3) is 0 Å². The maximum atomic E-state index is 10.7. The first-order chi connectivity index (χ1) is 38.7. The third-order valence-electron chi connectivity index (χ3n) is 8.64. The van der Waals surface area contributed by atoms with E-state index in [1.165, 1.54) is 24.9 Å². The molecule has 3 aromatic rings. The van der Waals surface area contributed by atoms with E-state index < -0.39 is 22.7 Å². The predicted molar refractivity (Wildman–Crippen MR) is 349 cm³/mol. The molecule has 0 spiro atoms. The van der Waals surface area contributed by atoms with Gasteiger partial charge >= 0.3 is 17.1 Å². The van der Waals surface area contributed by atoms with Gasteiger partial charge in [-0.2, -0.15) is 9.97 Å². The topological polar surface area (TPSA) is 217 Å². The third kappa shape index (κ3) is 265. The number of nitrogen functional groups attached to an aromatic ring is 2. The van der Waals surface area contributed by atoms with Gasteiger partial charge < -0.3 is 26.2 Å². The summed E-state index contributed by atoms with van der Waals surface area (Å²) in [6.07, 6.45) is 99.8. The van der Waals surface area contributed by atoms with Crippen LogP contribution in [0.4, 0.5) is 11.6 Å². The zero-order chi connectivity index (χ0) is 59.1. The van der Waals surface area contributed by atoms with Crippen molar-refractivity contribution in [2.75, 3.05) is 11.5 Å². The van der Waals surface area contributed by atoms with Crippen molar-refractivity contribution in [1.29, 1.82) is 0 Å². The molecule has 3 aromatic heterocycles. The monoisotopic (exact) mass is 13100 g/mol. The van der Waals surface area contributed by atoms with Crippen LogP contribution in [0.3, 0.4) is 0 Å². The van der Waals surface area contributed by atoms with Gasteiger partial charge in [-0.05, 0) is 29.8 Å². The molecule has 0 bridgehead atoms. The van der Waals surface area contributed by atoms with Gasteiger partial charge in [-0.25, -0.2) is 14.4 Å². The minimum atomic E-state index is -0.761. The van der Waals surface area contributed by atoms with Gasteiger partial charge in [0.15, 0.2) is 17.3 Å². The predicted octanol–water partition coefficient (Wildman–Crippen LogP) is 13.0. The number of nitrogens with zero attached hydrogens (tertiary/aromatic N) is 5. The summed E-state index contributed by atoms with van der Waals surface area (Å²) in [7, 11) is 4.52. The number of aromatic amines is 1. The van der Waals surface area contributed by atoms with Crippen molar-refractivity contribution >= 4 is 27.6 Å². The van der Waals surface area contributed by atoms with E-state index in [9.17, 15) is 19.2 Å². The Kier molecular flexibility index (Phi) is 771. The Morgan fingerprint density at radius 1 is 0.237 bits per heavy atom. The van der Waals surface area contributed by atoms with Gasteiger partial charge in [-0.15, -0.1) is 0 Å². The second kappa shape index (κ2) is 289. The van der Waals surface area contributed by atoms with Gasteiger partial charge in [0.1, 0.15) is 5.82 Å². The second-order valence-corrected chi connectivity index (χ2v) is 16.0. The van der Waals surface area contributed by atoms with Gasteiger partial charge in [0, 0.05) is 1580 Å². The molecule has 0 aliphatic rings. The summed E-state index contributed by atoms with van der Waals surface area (Å²) in [5.74, 6) is -0.546. The van der Waals surface area contributed by atoms with E-state index in [4.69, 9.17) is 21.7 Å². The zero-order valence-electron chi connectivity index (χ0n) is 70.7. The molecule has 0 aliphatic heterocycles. The van der Waals surface area contributed by atoms with Crippen molar-refractivity contribution in [2.24, 2.45) is 21.1 Å². The average molecular weight is 13100 g/mol. The normalized spacial score (nSPS) is 8.14. The molecular weight excluding hydrogens is 13000 g/mol. The van der Waals surface area contributed by atoms with E-state index in [1.807, 2.05) is 310 Å². The van der Waals surface area contributed by atoms with Crippen LogP contribution in [0.1, 0.15) is 21.3 Å². The van der Waals surface area contributed by atoms with Gasteiger partial charge in [0.2, 0.25) is 0 Å². The van der Waals surface area contributed by atoms with Crippen LogP contribution in [0.5, 0.6) is 11.5 Å². The minimum Gasteiger partial charge on any atom is -0.503 e. The summed E-state index contributed by atoms with van der Waals surface area (Å²) in [6, 6.07) is 0. The second-order valence-electron chi connectivity index (χ2n) is 15.2. The van der Waals surface area contributed by atoms with E-state index in [0.29, 0.717) is 4.47 Å². The van der Waals surface area contributed by atoms with E-state index in [1.54, 1.807) is 13.2 Å². The fourth-order valence-electron chi connectivity index (χ4n) is 4.67. The molecule has 3 rings (SSSR count). The molecule has 624 valence electrons. The number of anilines is 2. The Morgan fingerprint density at radius 3 is 0.496 bits per heavy atom. The SMILES string of the molecule is C.C/C=C/C=C/C=C/C=C/C=C/C=C/C=C/C=C/C=C/C=C/C=C/C=C/C=C/C=C/C=C/C=C/C=C/C=C/C=C/C=C/C=C/C=C/C=C/C=C/C.Cn1cc(Br)c(N)nc1=O.Cn1cc(O)c(=O)[nH]c1=O.Cn1cc(O)c(N)nc1=O.[U].[U].[U].[U].[U].[U].[U].[U].[U].[U].[U].[U].[U].[U].[U].[U].[U].[U].[U].[U].[U].[U].[U].[U].[U].[U].[U].[U].[U].[U].[U].[U].[U].[U].[U].[U].[U].[U].[U].[U].[U].[U].[U].[U].[U].[U].[U].[U].[U].[U]. The minimum absolute atomic E-state index is 0. The van der Waals surface area contributed by atoms with E-state index in [2.05, 4.69) is 25.9 Å². The van der Waals surface area contributed by atoms with Crippen LogP contribution in [0.15, 0.2) is 334 Å². The van der Waals surface area contributed by atoms with E-state index >= 15 is 0 Å². The fraction of sp³-hybridized carbons (Fsp3) is 0.0909. The fourth-order valence-corrected chi connectivity index (χ4v) is 5.06. The number of hydrogen-bond acceptors (Lipinski definition) is 10. The summed E-state index contributed by atoms with van der Waals surface area (Å²) >= 11 is 3.13. The number of allylic oxidation sites excluding steroid dienone is 48. The molecule has 0 fully saturated rings. The van der Waals surface area contributed by atoms with Crippen molar-refractivity contribution < 1.29 is 1570 Å². The number of aryl methyl sites for hydroxylation is 3. The first-order valence-electron chi connectivity index (χ1n) is 24.6. The van der Waals surface area contributed by atoms with Gasteiger partial charge in [0.25, 0.3) is 5.56 Å². The van der Waals surface area contributed by atoms with Crippen LogP contribution in [0, 0.1) is 1560 Å². The van der Waals surface area contributed by atoms with Gasteiger partial charge in [-0.3, -0.25) is 18.9 Å². The summed E-state index contributed by atoms with van der Waals surface area (Å²) in [5, 5.41) is 17.6. The maximum Gasteiger partial charge on any atom is 0.349 e. The smallest absolute Gasteiger partial charge is 0.349 e. The van der Waals surface area contributed by atoms with Crippen LogP contribution in [-0.4, -0.2) is 38.9 Å². The number of hydrogen-bond donors (Lipinski definition) is 5. The molecule has 0 radical (unpaired) electrons. The molecule has 0 aromatic carbocycles. The molecular formula is C66H77BrN8O6U50. The number of aromatic nitrogens is 6. The Hall–Kier alpha value is 42.5. The van der Waals surface area contributed by atoms with Gasteiger partial charge in [-0.1, -0.05) is 299 Å². The van der Waals surface area contributed by atoms with Crippen molar-refractivity contribution in [3.05, 3.63) is 357 Å². The number of nitrogens with one attached hydrogen (secondary N) is 1. The zero-order valence-corrected chi connectivity index (χ0v) is 281. The molecule has 0 saturated carbocycles. The largest absolute Gasteiger partial charge is 0.503 e. The van der Waals surface area contributed by atoms with E-state index in [-0.39, 0.29) is 1590 Å². The summed E-state index contributed by atoms with van der Waals surface area (Å²) < 4.78 is 4.21. The van der Waals surface area contributed by atoms with Gasteiger partial charge in [0.05, 0.1) is 16.9 Å². The van der Waals surface area contributed by atoms with Crippen LogP contribution in [-0.2, 0) is 21.1 Å². The Balaban J connectivity index is -0.0000000135. The Morgan fingerprint density at radius 2 is 0.366 bits per heavy atom. The third-order valence-corrected chi connectivity index (χ3v) is 9.25. The quantitative estimate of drug-likeness (QED) is 0.0566. The maximum absolute atomic E-state index is 10.7. The molecule has 0 unspecified atom stereocenters. The molecule has 0 aliphatic carbocycles.